The number of ether oxygens (including phenoxy) is 3. The van der Waals surface area contributed by atoms with Gasteiger partial charge in [-0.3, -0.25) is 4.79 Å². The zero-order valence-corrected chi connectivity index (χ0v) is 22.3. The molecule has 1 aromatic heterocycles. The molecule has 202 valence electrons. The molecule has 0 spiro atoms. The summed E-state index contributed by atoms with van der Waals surface area (Å²) in [7, 11) is 0. The molecule has 9 nitrogen and oxygen atoms in total. The Balaban J connectivity index is 1.33. The summed E-state index contributed by atoms with van der Waals surface area (Å²) in [6.07, 6.45) is 6.04. The van der Waals surface area contributed by atoms with Crippen molar-refractivity contribution in [3.63, 3.8) is 0 Å². The molecule has 4 rings (SSSR count). The van der Waals surface area contributed by atoms with Gasteiger partial charge in [0.05, 0.1) is 25.5 Å². The molecule has 1 aromatic carbocycles. The Morgan fingerprint density at radius 3 is 2.70 bits per heavy atom. The fourth-order valence-corrected chi connectivity index (χ4v) is 5.72. The first-order valence-corrected chi connectivity index (χ1v) is 14.0. The topological polar surface area (TPSA) is 110 Å². The predicted octanol–water partition coefficient (Wildman–Crippen LogP) is 4.49. The normalized spacial score (nSPS) is 16.4. The molecule has 1 aliphatic heterocycles. The molecule has 0 atom stereocenters. The van der Waals surface area contributed by atoms with E-state index in [1.807, 2.05) is 18.2 Å². The van der Waals surface area contributed by atoms with Crippen LogP contribution in [0.15, 0.2) is 18.2 Å². The van der Waals surface area contributed by atoms with Crippen LogP contribution in [0.4, 0.5) is 9.93 Å². The number of aliphatic carboxylic acids is 1. The maximum atomic E-state index is 12.3. The molecule has 1 saturated carbocycles. The number of aryl methyl sites for hydroxylation is 2. The van der Waals surface area contributed by atoms with E-state index in [2.05, 4.69) is 17.1 Å². The van der Waals surface area contributed by atoms with Crippen molar-refractivity contribution in [1.82, 2.24) is 10.3 Å². The summed E-state index contributed by atoms with van der Waals surface area (Å²) >= 11 is 1.70. The van der Waals surface area contributed by atoms with Gasteiger partial charge in [-0.2, -0.15) is 0 Å². The van der Waals surface area contributed by atoms with E-state index in [9.17, 15) is 9.59 Å². The minimum Gasteiger partial charge on any atom is -0.493 e. The summed E-state index contributed by atoms with van der Waals surface area (Å²) < 4.78 is 17.0. The number of benzene rings is 1. The number of alkyl carbamates (subject to hydrolysis) is 1. The van der Waals surface area contributed by atoms with Crippen LogP contribution in [0.2, 0.25) is 0 Å². The van der Waals surface area contributed by atoms with Crippen molar-refractivity contribution >= 4 is 28.5 Å². The summed E-state index contributed by atoms with van der Waals surface area (Å²) in [5.41, 5.74) is 2.63. The number of amides is 1. The number of nitrogens with zero attached hydrogens (tertiary/aromatic N) is 2. The monoisotopic (exact) mass is 531 g/mol. The van der Waals surface area contributed by atoms with Crippen LogP contribution in [0.3, 0.4) is 0 Å². The first kappa shape index (κ1) is 27.2. The number of hydrogen-bond donors (Lipinski definition) is 2. The fourth-order valence-electron chi connectivity index (χ4n) is 4.71. The van der Waals surface area contributed by atoms with Gasteiger partial charge in [-0.1, -0.05) is 25.3 Å². The molecule has 37 heavy (non-hydrogen) atoms. The highest BCUT2D eigenvalue weighted by Gasteiger charge is 2.18. The average molecular weight is 532 g/mol. The maximum Gasteiger partial charge on any atom is 0.407 e. The summed E-state index contributed by atoms with van der Waals surface area (Å²) in [5, 5.41) is 13.1. The van der Waals surface area contributed by atoms with E-state index in [-0.39, 0.29) is 19.1 Å². The molecule has 0 radical (unpaired) electrons. The molecular weight excluding hydrogens is 494 g/mol. The van der Waals surface area contributed by atoms with Gasteiger partial charge in [0.1, 0.15) is 12.4 Å². The summed E-state index contributed by atoms with van der Waals surface area (Å²) in [6.45, 7) is 5.80. The third-order valence-electron chi connectivity index (χ3n) is 6.84. The number of carboxylic acids is 1. The van der Waals surface area contributed by atoms with E-state index in [1.165, 1.54) is 11.3 Å². The van der Waals surface area contributed by atoms with Crippen molar-refractivity contribution in [2.24, 2.45) is 0 Å². The molecule has 0 bridgehead atoms. The fraction of sp³-hybridized carbons (Fsp3) is 0.593. The Morgan fingerprint density at radius 2 is 1.95 bits per heavy atom. The number of carbonyl (C=O) groups is 2. The minimum atomic E-state index is -0.864. The van der Waals surface area contributed by atoms with E-state index < -0.39 is 12.1 Å². The number of aromatic nitrogens is 1. The lowest BCUT2D eigenvalue weighted by Gasteiger charge is -2.26. The van der Waals surface area contributed by atoms with E-state index in [0.29, 0.717) is 25.2 Å². The number of anilines is 1. The molecule has 0 unspecified atom stereocenters. The average Bonchev–Trinajstić information content (AvgIpc) is 3.28. The Labute approximate surface area is 222 Å². The molecule has 2 heterocycles. The second kappa shape index (κ2) is 13.6. The van der Waals surface area contributed by atoms with Gasteiger partial charge < -0.3 is 29.5 Å². The zero-order chi connectivity index (χ0) is 26.0. The number of carboxylic acid groups (broad SMARTS) is 1. The lowest BCUT2D eigenvalue weighted by atomic mass is 9.96. The van der Waals surface area contributed by atoms with Crippen LogP contribution in [0.5, 0.6) is 5.75 Å². The Kier molecular flexibility index (Phi) is 10.0. The van der Waals surface area contributed by atoms with Crippen LogP contribution in [0, 0.1) is 6.92 Å². The van der Waals surface area contributed by atoms with Crippen LogP contribution in [0.1, 0.15) is 60.2 Å². The highest BCUT2D eigenvalue weighted by Crippen LogP contribution is 2.27. The molecule has 10 heteroatoms. The lowest BCUT2D eigenvalue weighted by molar-refractivity contribution is -0.136. The minimum absolute atomic E-state index is 0.00997. The standard InChI is InChI=1S/C27H37N3O6S/c1-19-24(29-26(37-19)30-12-15-34-16-13-30)11-14-35-23-9-7-20(8-10-25(31)32)21(17-23)18-36-27(33)28-22-5-3-2-4-6-22/h7,9,17,22H,2-6,8,10-16,18H2,1H3,(H,28,33)(H,31,32). The number of rotatable bonds is 11. The molecule has 2 N–H and O–H groups in total. The highest BCUT2D eigenvalue weighted by molar-refractivity contribution is 7.15. The second-order valence-corrected chi connectivity index (χ2v) is 10.8. The van der Waals surface area contributed by atoms with Gasteiger partial charge in [-0.25, -0.2) is 9.78 Å². The van der Waals surface area contributed by atoms with Crippen molar-refractivity contribution in [2.75, 3.05) is 37.8 Å². The van der Waals surface area contributed by atoms with E-state index >= 15 is 0 Å². The predicted molar refractivity (Wildman–Crippen MR) is 142 cm³/mol. The molecule has 1 saturated heterocycles. The molecular formula is C27H37N3O6S. The first-order chi connectivity index (χ1) is 18.0. The van der Waals surface area contributed by atoms with Crippen LogP contribution in [-0.2, 0) is 33.7 Å². The van der Waals surface area contributed by atoms with Gasteiger partial charge in [-0.15, -0.1) is 11.3 Å². The Hall–Kier alpha value is -2.85. The third kappa shape index (κ3) is 8.33. The summed E-state index contributed by atoms with van der Waals surface area (Å²) in [4.78, 5) is 31.7. The quantitative estimate of drug-likeness (QED) is 0.437. The van der Waals surface area contributed by atoms with E-state index in [1.54, 1.807) is 11.3 Å². The van der Waals surface area contributed by atoms with Crippen LogP contribution < -0.4 is 15.0 Å². The van der Waals surface area contributed by atoms with Crippen LogP contribution in [0.25, 0.3) is 0 Å². The third-order valence-corrected chi connectivity index (χ3v) is 7.92. The van der Waals surface area contributed by atoms with Crippen molar-refractivity contribution < 1.29 is 28.9 Å². The Morgan fingerprint density at radius 1 is 1.16 bits per heavy atom. The number of nitrogens with one attached hydrogen (secondary N) is 1. The summed E-state index contributed by atoms with van der Waals surface area (Å²) in [5.74, 6) is -0.205. The van der Waals surface area contributed by atoms with Crippen LogP contribution in [-0.4, -0.2) is 61.1 Å². The van der Waals surface area contributed by atoms with E-state index in [0.717, 1.165) is 73.9 Å². The molecule has 1 aliphatic carbocycles. The van der Waals surface area contributed by atoms with Crippen molar-refractivity contribution in [1.29, 1.82) is 0 Å². The van der Waals surface area contributed by atoms with Gasteiger partial charge in [0.2, 0.25) is 0 Å². The van der Waals surface area contributed by atoms with Gasteiger partial charge >= 0.3 is 12.1 Å². The largest absolute Gasteiger partial charge is 0.493 e. The van der Waals surface area contributed by atoms with Gasteiger partial charge in [0.25, 0.3) is 0 Å². The van der Waals surface area contributed by atoms with Gasteiger partial charge in [0.15, 0.2) is 5.13 Å². The van der Waals surface area contributed by atoms with Crippen molar-refractivity contribution in [3.8, 4) is 5.75 Å². The first-order valence-electron chi connectivity index (χ1n) is 13.2. The van der Waals surface area contributed by atoms with Gasteiger partial charge in [0, 0.05) is 36.9 Å². The zero-order valence-electron chi connectivity index (χ0n) is 21.5. The van der Waals surface area contributed by atoms with Crippen molar-refractivity contribution in [2.45, 2.75) is 70.9 Å². The SMILES string of the molecule is Cc1sc(N2CCOCC2)nc1CCOc1ccc(CCC(=O)O)c(COC(=O)NC2CCCCC2)c1. The maximum absolute atomic E-state index is 12.3. The lowest BCUT2D eigenvalue weighted by Crippen LogP contribution is -2.36. The molecule has 2 fully saturated rings. The van der Waals surface area contributed by atoms with Crippen molar-refractivity contribution in [3.05, 3.63) is 39.9 Å². The van der Waals surface area contributed by atoms with Crippen LogP contribution >= 0.6 is 11.3 Å². The molecule has 2 aliphatic rings. The second-order valence-electron chi connectivity index (χ2n) is 9.58. The molecule has 1 amide bonds. The summed E-state index contributed by atoms with van der Waals surface area (Å²) in [6, 6.07) is 5.72. The number of carbonyl (C=O) groups excluding carboxylic acids is 1. The number of hydrogen-bond acceptors (Lipinski definition) is 8. The number of morpholine rings is 1. The van der Waals surface area contributed by atoms with Gasteiger partial charge in [-0.05, 0) is 49.4 Å². The molecule has 2 aromatic rings. The smallest absolute Gasteiger partial charge is 0.407 e. The highest BCUT2D eigenvalue weighted by atomic mass is 32.1. The van der Waals surface area contributed by atoms with E-state index in [4.69, 9.17) is 24.3 Å². The Bertz CT molecular complexity index is 1050. The number of thiazole rings is 1.